The van der Waals surface area contributed by atoms with Crippen LogP contribution >= 0.6 is 11.6 Å². The highest BCUT2D eigenvalue weighted by Crippen LogP contribution is 2.32. The Morgan fingerprint density at radius 1 is 1.19 bits per heavy atom. The van der Waals surface area contributed by atoms with Crippen LogP contribution in [0.3, 0.4) is 0 Å². The Morgan fingerprint density at radius 3 is 2.58 bits per heavy atom. The van der Waals surface area contributed by atoms with Crippen molar-refractivity contribution < 1.29 is 21.9 Å². The second-order valence-electron chi connectivity index (χ2n) is 8.18. The van der Waals surface area contributed by atoms with Gasteiger partial charge >= 0.3 is 0 Å². The summed E-state index contributed by atoms with van der Waals surface area (Å²) in [6.07, 6.45) is 0.880. The predicted molar refractivity (Wildman–Crippen MR) is 117 cm³/mol. The zero-order valence-electron chi connectivity index (χ0n) is 17.5. The van der Waals surface area contributed by atoms with Crippen molar-refractivity contribution >= 4 is 21.6 Å². The van der Waals surface area contributed by atoms with E-state index in [-0.39, 0.29) is 36.7 Å². The number of halogens is 3. The quantitative estimate of drug-likeness (QED) is 0.600. The van der Waals surface area contributed by atoms with E-state index in [9.17, 15) is 17.2 Å². The predicted octanol–water partition coefficient (Wildman–Crippen LogP) is 4.32. The lowest BCUT2D eigenvalue weighted by atomic mass is 9.81. The number of benzene rings is 2. The Balaban J connectivity index is 1.73. The minimum atomic E-state index is -4.15. The Morgan fingerprint density at radius 2 is 1.90 bits per heavy atom. The third kappa shape index (κ3) is 6.16. The van der Waals surface area contributed by atoms with E-state index in [2.05, 4.69) is 10.0 Å². The topological polar surface area (TPSA) is 67.4 Å². The Kier molecular flexibility index (Phi) is 7.91. The monoisotopic (exact) mass is 472 g/mol. The van der Waals surface area contributed by atoms with Gasteiger partial charge in [-0.3, -0.25) is 0 Å². The molecule has 9 heteroatoms. The van der Waals surface area contributed by atoms with Gasteiger partial charge in [0, 0.05) is 36.2 Å². The van der Waals surface area contributed by atoms with Crippen molar-refractivity contribution in [2.45, 2.75) is 31.1 Å². The molecule has 2 aromatic rings. The molecule has 2 aromatic carbocycles. The standard InChI is InChI=1S/C22H27ClF2N2O3S/c1-14(2)11-27-31(28,29)22-10-19(24)21(9-20(22)25)30-13-16-12-26-8-7-18(16)15-3-5-17(23)6-4-15/h3-6,9-10,14,16,18,26-27H,7-8,11-13H2,1-2H3/t16-,18-/m0/s1. The second-order valence-corrected chi connectivity index (χ2v) is 10.4. The van der Waals surface area contributed by atoms with Gasteiger partial charge in [-0.15, -0.1) is 0 Å². The van der Waals surface area contributed by atoms with Gasteiger partial charge in [0.15, 0.2) is 11.6 Å². The van der Waals surface area contributed by atoms with Crippen molar-refractivity contribution in [3.05, 3.63) is 58.6 Å². The van der Waals surface area contributed by atoms with Crippen LogP contribution in [0.4, 0.5) is 8.78 Å². The van der Waals surface area contributed by atoms with Crippen molar-refractivity contribution in [3.63, 3.8) is 0 Å². The Bertz CT molecular complexity index is 1000. The highest BCUT2D eigenvalue weighted by Gasteiger charge is 2.28. The first kappa shape index (κ1) is 23.9. The van der Waals surface area contributed by atoms with Crippen molar-refractivity contribution in [2.75, 3.05) is 26.2 Å². The van der Waals surface area contributed by atoms with Crippen molar-refractivity contribution in [1.82, 2.24) is 10.0 Å². The van der Waals surface area contributed by atoms with Crippen LogP contribution in [0.1, 0.15) is 31.7 Å². The maximum Gasteiger partial charge on any atom is 0.243 e. The molecule has 0 unspecified atom stereocenters. The fourth-order valence-corrected chi connectivity index (χ4v) is 5.03. The average Bonchev–Trinajstić information content (AvgIpc) is 2.73. The van der Waals surface area contributed by atoms with Gasteiger partial charge in [0.1, 0.15) is 10.7 Å². The Labute approximate surface area is 187 Å². The van der Waals surface area contributed by atoms with Crippen LogP contribution in [0.15, 0.2) is 41.3 Å². The lowest BCUT2D eigenvalue weighted by molar-refractivity contribution is 0.190. The van der Waals surface area contributed by atoms with Crippen LogP contribution in [-0.2, 0) is 10.0 Å². The number of hydrogen-bond acceptors (Lipinski definition) is 4. The third-order valence-electron chi connectivity index (χ3n) is 5.32. The summed E-state index contributed by atoms with van der Waals surface area (Å²) in [6.45, 7) is 5.43. The molecule has 0 saturated carbocycles. The van der Waals surface area contributed by atoms with E-state index in [0.29, 0.717) is 17.6 Å². The number of ether oxygens (including phenoxy) is 1. The first-order chi connectivity index (χ1) is 14.7. The summed E-state index contributed by atoms with van der Waals surface area (Å²) in [5.74, 6) is -2.02. The number of rotatable bonds is 8. The van der Waals surface area contributed by atoms with Gasteiger partial charge < -0.3 is 10.1 Å². The molecule has 1 aliphatic rings. The van der Waals surface area contributed by atoms with E-state index in [0.717, 1.165) is 24.6 Å². The van der Waals surface area contributed by atoms with Crippen LogP contribution in [0.25, 0.3) is 0 Å². The average molecular weight is 473 g/mol. The van der Waals surface area contributed by atoms with E-state index in [1.807, 2.05) is 38.1 Å². The van der Waals surface area contributed by atoms with Gasteiger partial charge in [-0.25, -0.2) is 21.9 Å². The van der Waals surface area contributed by atoms with E-state index < -0.39 is 26.6 Å². The van der Waals surface area contributed by atoms with Gasteiger partial charge in [-0.2, -0.15) is 0 Å². The summed E-state index contributed by atoms with van der Waals surface area (Å²) in [5, 5.41) is 3.95. The summed E-state index contributed by atoms with van der Waals surface area (Å²) >= 11 is 5.98. The van der Waals surface area contributed by atoms with Crippen molar-refractivity contribution in [1.29, 1.82) is 0 Å². The SMILES string of the molecule is CC(C)CNS(=O)(=O)c1cc(F)c(OC[C@@H]2CNCC[C@H]2c2ccc(Cl)cc2)cc1F. The highest BCUT2D eigenvalue weighted by molar-refractivity contribution is 7.89. The molecule has 1 saturated heterocycles. The fourth-order valence-electron chi connectivity index (χ4n) is 3.62. The summed E-state index contributed by atoms with van der Waals surface area (Å²) in [4.78, 5) is -0.726. The zero-order chi connectivity index (χ0) is 22.6. The lowest BCUT2D eigenvalue weighted by Crippen LogP contribution is -2.38. The largest absolute Gasteiger partial charge is 0.490 e. The molecule has 0 spiro atoms. The van der Waals surface area contributed by atoms with Gasteiger partial charge in [-0.05, 0) is 42.5 Å². The summed E-state index contributed by atoms with van der Waals surface area (Å²) in [5.41, 5.74) is 1.11. The van der Waals surface area contributed by atoms with Gasteiger partial charge in [0.25, 0.3) is 0 Å². The smallest absolute Gasteiger partial charge is 0.243 e. The number of nitrogens with one attached hydrogen (secondary N) is 2. The first-order valence-corrected chi connectivity index (χ1v) is 12.1. The fraction of sp³-hybridized carbons (Fsp3) is 0.455. The van der Waals surface area contributed by atoms with Crippen LogP contribution < -0.4 is 14.8 Å². The van der Waals surface area contributed by atoms with Crippen molar-refractivity contribution in [3.8, 4) is 5.75 Å². The summed E-state index contributed by atoms with van der Waals surface area (Å²) < 4.78 is 61.5. The second kappa shape index (κ2) is 10.3. The Hall–Kier alpha value is -1.74. The van der Waals surface area contributed by atoms with E-state index in [1.165, 1.54) is 0 Å². The molecule has 1 fully saturated rings. The molecule has 0 radical (unpaired) electrons. The van der Waals surface area contributed by atoms with E-state index in [4.69, 9.17) is 16.3 Å². The van der Waals surface area contributed by atoms with Crippen LogP contribution in [-0.4, -0.2) is 34.7 Å². The molecule has 5 nitrogen and oxygen atoms in total. The zero-order valence-corrected chi connectivity index (χ0v) is 19.1. The van der Waals surface area contributed by atoms with Gasteiger partial charge in [0.05, 0.1) is 6.61 Å². The van der Waals surface area contributed by atoms with E-state index in [1.54, 1.807) is 0 Å². The molecule has 0 aliphatic carbocycles. The van der Waals surface area contributed by atoms with E-state index >= 15 is 0 Å². The first-order valence-electron chi connectivity index (χ1n) is 10.2. The maximum atomic E-state index is 14.6. The minimum Gasteiger partial charge on any atom is -0.490 e. The maximum absolute atomic E-state index is 14.6. The lowest BCUT2D eigenvalue weighted by Gasteiger charge is -2.32. The summed E-state index contributed by atoms with van der Waals surface area (Å²) in [7, 11) is -4.15. The molecule has 1 aliphatic heterocycles. The molecule has 0 amide bonds. The molecule has 170 valence electrons. The number of piperidine rings is 1. The minimum absolute atomic E-state index is 0.0305. The highest BCUT2D eigenvalue weighted by atomic mass is 35.5. The number of sulfonamides is 1. The molecule has 1 heterocycles. The number of hydrogen-bond donors (Lipinski definition) is 2. The molecule has 0 aromatic heterocycles. The summed E-state index contributed by atoms with van der Waals surface area (Å²) in [6, 6.07) is 9.07. The molecular formula is C22H27ClF2N2O3S. The van der Waals surface area contributed by atoms with Gasteiger partial charge in [0.2, 0.25) is 10.0 Å². The van der Waals surface area contributed by atoms with Crippen LogP contribution in [0.2, 0.25) is 5.02 Å². The normalized spacial score (nSPS) is 19.5. The third-order valence-corrected chi connectivity index (χ3v) is 7.01. The van der Waals surface area contributed by atoms with Crippen LogP contribution in [0, 0.1) is 23.5 Å². The molecular weight excluding hydrogens is 446 g/mol. The molecule has 2 N–H and O–H groups in total. The molecule has 0 bridgehead atoms. The molecule has 3 rings (SSSR count). The van der Waals surface area contributed by atoms with Crippen LogP contribution in [0.5, 0.6) is 5.75 Å². The molecule has 31 heavy (non-hydrogen) atoms. The molecule has 2 atom stereocenters. The van der Waals surface area contributed by atoms with Crippen molar-refractivity contribution in [2.24, 2.45) is 11.8 Å². The van der Waals surface area contributed by atoms with Gasteiger partial charge in [-0.1, -0.05) is 37.6 Å².